The number of rotatable bonds is 7. The number of benzene rings is 1. The molecular formula is C15H18N6S. The van der Waals surface area contributed by atoms with Crippen molar-refractivity contribution in [1.82, 2.24) is 30.2 Å². The molecule has 0 unspecified atom stereocenters. The topological polar surface area (TPSA) is 72.3 Å². The van der Waals surface area contributed by atoms with E-state index < -0.39 is 0 Å². The lowest BCUT2D eigenvalue weighted by Crippen LogP contribution is -2.05. The molecule has 6 nitrogen and oxygen atoms in total. The predicted molar refractivity (Wildman–Crippen MR) is 86.3 cm³/mol. The molecule has 114 valence electrons. The van der Waals surface area contributed by atoms with Crippen LogP contribution in [0.3, 0.4) is 0 Å². The van der Waals surface area contributed by atoms with Crippen molar-refractivity contribution in [1.29, 1.82) is 0 Å². The SMILES string of the molecule is CCCCn1nnnc1CSc1ncc(-c2ccccc2)[nH]1. The number of imidazole rings is 1. The minimum atomic E-state index is 0.707. The monoisotopic (exact) mass is 314 g/mol. The second kappa shape index (κ2) is 7.22. The number of hydrogen-bond acceptors (Lipinski definition) is 5. The van der Waals surface area contributed by atoms with Crippen LogP contribution in [0.4, 0.5) is 0 Å². The first-order valence-corrected chi connectivity index (χ1v) is 8.33. The van der Waals surface area contributed by atoms with Gasteiger partial charge in [-0.1, -0.05) is 55.4 Å². The normalized spacial score (nSPS) is 11.0. The Bertz CT molecular complexity index is 706. The van der Waals surface area contributed by atoms with Crippen LogP contribution in [-0.2, 0) is 12.3 Å². The maximum Gasteiger partial charge on any atom is 0.166 e. The number of aromatic nitrogens is 6. The largest absolute Gasteiger partial charge is 0.333 e. The molecule has 3 aromatic rings. The first kappa shape index (κ1) is 14.8. The van der Waals surface area contributed by atoms with Gasteiger partial charge in [-0.05, 0) is 22.4 Å². The van der Waals surface area contributed by atoms with Crippen LogP contribution in [-0.4, -0.2) is 30.2 Å². The average molecular weight is 314 g/mol. The van der Waals surface area contributed by atoms with Gasteiger partial charge < -0.3 is 4.98 Å². The standard InChI is InChI=1S/C15H18N6S/c1-2-3-9-21-14(18-19-20-21)11-22-15-16-10-13(17-15)12-7-5-4-6-8-12/h4-8,10H,2-3,9,11H2,1H3,(H,16,17). The van der Waals surface area contributed by atoms with Crippen LogP contribution in [0.2, 0.25) is 0 Å². The molecule has 0 fully saturated rings. The predicted octanol–water partition coefficient (Wildman–Crippen LogP) is 3.16. The van der Waals surface area contributed by atoms with Gasteiger partial charge in [-0.3, -0.25) is 0 Å². The molecule has 0 aliphatic rings. The lowest BCUT2D eigenvalue weighted by atomic mass is 10.2. The number of unbranched alkanes of at least 4 members (excludes halogenated alkanes) is 1. The fourth-order valence-corrected chi connectivity index (χ4v) is 2.86. The van der Waals surface area contributed by atoms with Crippen LogP contribution >= 0.6 is 11.8 Å². The lowest BCUT2D eigenvalue weighted by molar-refractivity contribution is 0.540. The highest BCUT2D eigenvalue weighted by atomic mass is 32.2. The van der Waals surface area contributed by atoms with Crippen molar-refractivity contribution in [3.8, 4) is 11.3 Å². The zero-order valence-corrected chi connectivity index (χ0v) is 13.3. The summed E-state index contributed by atoms with van der Waals surface area (Å²) in [6, 6.07) is 10.2. The molecule has 0 aliphatic heterocycles. The van der Waals surface area contributed by atoms with E-state index >= 15 is 0 Å². The molecule has 0 atom stereocenters. The molecule has 0 bridgehead atoms. The molecule has 0 amide bonds. The molecule has 2 heterocycles. The fourth-order valence-electron chi connectivity index (χ4n) is 2.08. The van der Waals surface area contributed by atoms with Crippen LogP contribution < -0.4 is 0 Å². The van der Waals surface area contributed by atoms with Crippen LogP contribution in [0.1, 0.15) is 25.6 Å². The molecule has 7 heteroatoms. The van der Waals surface area contributed by atoms with Gasteiger partial charge >= 0.3 is 0 Å². The van der Waals surface area contributed by atoms with Gasteiger partial charge in [0, 0.05) is 6.54 Å². The number of nitrogens with one attached hydrogen (secondary N) is 1. The van der Waals surface area contributed by atoms with Gasteiger partial charge in [-0.2, -0.15) is 0 Å². The number of tetrazole rings is 1. The molecular weight excluding hydrogens is 296 g/mol. The summed E-state index contributed by atoms with van der Waals surface area (Å²) in [5.74, 6) is 1.59. The minimum Gasteiger partial charge on any atom is -0.333 e. The van der Waals surface area contributed by atoms with Crippen LogP contribution in [0.5, 0.6) is 0 Å². The van der Waals surface area contributed by atoms with Crippen molar-refractivity contribution >= 4 is 11.8 Å². The Balaban J connectivity index is 1.63. The summed E-state index contributed by atoms with van der Waals surface area (Å²) < 4.78 is 1.87. The van der Waals surface area contributed by atoms with E-state index in [-0.39, 0.29) is 0 Å². The number of nitrogens with zero attached hydrogens (tertiary/aromatic N) is 5. The quantitative estimate of drug-likeness (QED) is 0.678. The maximum atomic E-state index is 4.41. The van der Waals surface area contributed by atoms with E-state index in [1.807, 2.05) is 29.1 Å². The number of aromatic amines is 1. The highest BCUT2D eigenvalue weighted by Gasteiger charge is 2.09. The summed E-state index contributed by atoms with van der Waals surface area (Å²) in [6.07, 6.45) is 4.07. The number of H-pyrrole nitrogens is 1. The van der Waals surface area contributed by atoms with E-state index in [1.54, 1.807) is 11.8 Å². The third-order valence-electron chi connectivity index (χ3n) is 3.30. The van der Waals surface area contributed by atoms with Crippen molar-refractivity contribution in [2.75, 3.05) is 0 Å². The zero-order chi connectivity index (χ0) is 15.2. The van der Waals surface area contributed by atoms with Crippen molar-refractivity contribution in [3.05, 3.63) is 42.4 Å². The Morgan fingerprint density at radius 3 is 2.91 bits per heavy atom. The summed E-state index contributed by atoms with van der Waals surface area (Å²) in [7, 11) is 0. The van der Waals surface area contributed by atoms with E-state index in [0.29, 0.717) is 5.75 Å². The van der Waals surface area contributed by atoms with Crippen molar-refractivity contribution < 1.29 is 0 Å². The third kappa shape index (κ3) is 3.54. The van der Waals surface area contributed by atoms with E-state index in [1.165, 1.54) is 0 Å². The second-order valence-electron chi connectivity index (χ2n) is 4.93. The van der Waals surface area contributed by atoms with Crippen LogP contribution in [0.15, 0.2) is 41.7 Å². The molecule has 0 saturated carbocycles. The van der Waals surface area contributed by atoms with Crippen molar-refractivity contribution in [2.45, 2.75) is 37.2 Å². The fraction of sp³-hybridized carbons (Fsp3) is 0.333. The minimum absolute atomic E-state index is 0.707. The Morgan fingerprint density at radius 1 is 1.23 bits per heavy atom. The number of hydrogen-bond donors (Lipinski definition) is 1. The first-order valence-electron chi connectivity index (χ1n) is 7.35. The van der Waals surface area contributed by atoms with Crippen LogP contribution in [0, 0.1) is 0 Å². The second-order valence-corrected chi connectivity index (χ2v) is 5.89. The summed E-state index contributed by atoms with van der Waals surface area (Å²) >= 11 is 1.61. The Labute approximate surface area is 133 Å². The van der Waals surface area contributed by atoms with E-state index in [0.717, 1.165) is 41.6 Å². The van der Waals surface area contributed by atoms with Crippen LogP contribution in [0.25, 0.3) is 11.3 Å². The molecule has 0 radical (unpaired) electrons. The smallest absolute Gasteiger partial charge is 0.166 e. The number of aryl methyl sites for hydroxylation is 1. The molecule has 0 aliphatic carbocycles. The summed E-state index contributed by atoms with van der Waals surface area (Å²) in [5, 5.41) is 12.8. The van der Waals surface area contributed by atoms with Gasteiger partial charge in [0.15, 0.2) is 11.0 Å². The molecule has 1 aromatic carbocycles. The van der Waals surface area contributed by atoms with E-state index in [4.69, 9.17) is 0 Å². The van der Waals surface area contributed by atoms with Crippen molar-refractivity contribution in [2.24, 2.45) is 0 Å². The molecule has 3 rings (SSSR count). The highest BCUT2D eigenvalue weighted by molar-refractivity contribution is 7.98. The Morgan fingerprint density at radius 2 is 2.09 bits per heavy atom. The van der Waals surface area contributed by atoms with Gasteiger partial charge in [-0.25, -0.2) is 9.67 Å². The average Bonchev–Trinajstić information content (AvgIpc) is 3.21. The van der Waals surface area contributed by atoms with E-state index in [9.17, 15) is 0 Å². The molecule has 1 N–H and O–H groups in total. The van der Waals surface area contributed by atoms with Crippen molar-refractivity contribution in [3.63, 3.8) is 0 Å². The molecule has 22 heavy (non-hydrogen) atoms. The zero-order valence-electron chi connectivity index (χ0n) is 12.4. The molecule has 0 saturated heterocycles. The molecule has 2 aromatic heterocycles. The Hall–Kier alpha value is -2.15. The third-order valence-corrected chi connectivity index (χ3v) is 4.19. The summed E-state index contributed by atoms with van der Waals surface area (Å²) in [5.41, 5.74) is 2.16. The lowest BCUT2D eigenvalue weighted by Gasteiger charge is -2.02. The van der Waals surface area contributed by atoms with Gasteiger partial charge in [0.1, 0.15) is 0 Å². The van der Waals surface area contributed by atoms with Gasteiger partial charge in [-0.15, -0.1) is 5.10 Å². The molecule has 0 spiro atoms. The van der Waals surface area contributed by atoms with Gasteiger partial charge in [0.2, 0.25) is 0 Å². The van der Waals surface area contributed by atoms with E-state index in [2.05, 4.69) is 44.5 Å². The maximum absolute atomic E-state index is 4.41. The van der Waals surface area contributed by atoms with Gasteiger partial charge in [0.05, 0.1) is 17.6 Å². The van der Waals surface area contributed by atoms with Gasteiger partial charge in [0.25, 0.3) is 0 Å². The first-order chi connectivity index (χ1) is 10.9. The number of thioether (sulfide) groups is 1. The Kier molecular flexibility index (Phi) is 4.85. The summed E-state index contributed by atoms with van der Waals surface area (Å²) in [6.45, 7) is 3.03. The highest BCUT2D eigenvalue weighted by Crippen LogP contribution is 2.23. The summed E-state index contributed by atoms with van der Waals surface area (Å²) in [4.78, 5) is 7.74.